The van der Waals surface area contributed by atoms with Crippen molar-refractivity contribution in [1.82, 2.24) is 24.8 Å². The smallest absolute Gasteiger partial charge is 0.245 e. The van der Waals surface area contributed by atoms with E-state index in [1.165, 1.54) is 11.5 Å². The SMILES string of the molecule is CCc1nnsc1-c1nc(N2CCC(C)(CN)CC2)n[nH]1. The Bertz CT molecular complexity index is 597. The molecule has 1 aliphatic rings. The van der Waals surface area contributed by atoms with E-state index in [1.807, 2.05) is 0 Å². The number of aromatic amines is 1. The van der Waals surface area contributed by atoms with Crippen molar-refractivity contribution in [2.24, 2.45) is 11.1 Å². The number of anilines is 1. The van der Waals surface area contributed by atoms with Gasteiger partial charge in [-0.3, -0.25) is 5.10 Å². The van der Waals surface area contributed by atoms with Gasteiger partial charge in [0, 0.05) is 13.1 Å². The predicted molar refractivity (Wildman–Crippen MR) is 83.3 cm³/mol. The van der Waals surface area contributed by atoms with Crippen LogP contribution in [-0.2, 0) is 6.42 Å². The van der Waals surface area contributed by atoms with Crippen molar-refractivity contribution >= 4 is 17.5 Å². The molecule has 1 aliphatic heterocycles. The van der Waals surface area contributed by atoms with Gasteiger partial charge in [0.15, 0.2) is 5.82 Å². The summed E-state index contributed by atoms with van der Waals surface area (Å²) in [7, 11) is 0. The van der Waals surface area contributed by atoms with E-state index in [-0.39, 0.29) is 5.41 Å². The maximum Gasteiger partial charge on any atom is 0.245 e. The quantitative estimate of drug-likeness (QED) is 0.887. The summed E-state index contributed by atoms with van der Waals surface area (Å²) < 4.78 is 4.00. The summed E-state index contributed by atoms with van der Waals surface area (Å²) in [6.45, 7) is 6.96. The highest BCUT2D eigenvalue weighted by atomic mass is 32.1. The molecule has 3 rings (SSSR count). The van der Waals surface area contributed by atoms with Crippen LogP contribution in [0, 0.1) is 5.41 Å². The van der Waals surface area contributed by atoms with E-state index >= 15 is 0 Å². The molecule has 0 spiro atoms. The van der Waals surface area contributed by atoms with Crippen LogP contribution in [0.1, 0.15) is 32.4 Å². The molecule has 114 valence electrons. The van der Waals surface area contributed by atoms with Gasteiger partial charge in [-0.05, 0) is 42.8 Å². The molecule has 0 aliphatic carbocycles. The lowest BCUT2D eigenvalue weighted by Gasteiger charge is -2.38. The van der Waals surface area contributed by atoms with Gasteiger partial charge in [-0.2, -0.15) is 4.98 Å². The lowest BCUT2D eigenvalue weighted by atomic mass is 9.81. The van der Waals surface area contributed by atoms with Crippen molar-refractivity contribution in [2.75, 3.05) is 24.5 Å². The fourth-order valence-corrected chi connectivity index (χ4v) is 3.26. The Morgan fingerprint density at radius 2 is 2.14 bits per heavy atom. The molecule has 3 N–H and O–H groups in total. The fourth-order valence-electron chi connectivity index (χ4n) is 2.57. The first-order valence-corrected chi connectivity index (χ1v) is 8.11. The van der Waals surface area contributed by atoms with E-state index in [1.54, 1.807) is 0 Å². The van der Waals surface area contributed by atoms with E-state index in [2.05, 4.69) is 43.5 Å². The Morgan fingerprint density at radius 1 is 1.38 bits per heavy atom. The molecule has 21 heavy (non-hydrogen) atoms. The molecule has 2 aromatic rings. The zero-order chi connectivity index (χ0) is 14.9. The number of rotatable bonds is 4. The Balaban J connectivity index is 1.74. The first-order valence-electron chi connectivity index (χ1n) is 7.34. The molecule has 3 heterocycles. The van der Waals surface area contributed by atoms with Crippen molar-refractivity contribution in [3.8, 4) is 10.7 Å². The maximum atomic E-state index is 5.85. The molecular formula is C13H21N7S. The van der Waals surface area contributed by atoms with Crippen LogP contribution in [0.4, 0.5) is 5.95 Å². The highest BCUT2D eigenvalue weighted by Gasteiger charge is 2.30. The summed E-state index contributed by atoms with van der Waals surface area (Å²) in [5.41, 5.74) is 7.08. The monoisotopic (exact) mass is 307 g/mol. The maximum absolute atomic E-state index is 5.85. The molecule has 2 aromatic heterocycles. The molecule has 0 aromatic carbocycles. The second-order valence-electron chi connectivity index (χ2n) is 5.89. The topological polar surface area (TPSA) is 96.6 Å². The fraction of sp³-hybridized carbons (Fsp3) is 0.692. The number of nitrogens with two attached hydrogens (primary N) is 1. The van der Waals surface area contributed by atoms with Gasteiger partial charge >= 0.3 is 0 Å². The van der Waals surface area contributed by atoms with Gasteiger partial charge in [0.1, 0.15) is 4.88 Å². The Kier molecular flexibility index (Phi) is 3.90. The third-order valence-corrected chi connectivity index (χ3v) is 5.10. The average Bonchev–Trinajstić information content (AvgIpc) is 3.16. The number of aromatic nitrogens is 5. The molecule has 8 heteroatoms. The van der Waals surface area contributed by atoms with Gasteiger partial charge in [0.25, 0.3) is 0 Å². The molecule has 0 amide bonds. The summed E-state index contributed by atoms with van der Waals surface area (Å²) >= 11 is 1.36. The second-order valence-corrected chi connectivity index (χ2v) is 6.64. The highest BCUT2D eigenvalue weighted by Crippen LogP contribution is 2.31. The van der Waals surface area contributed by atoms with Crippen molar-refractivity contribution in [3.05, 3.63) is 5.69 Å². The molecule has 1 saturated heterocycles. The minimum atomic E-state index is 0.257. The van der Waals surface area contributed by atoms with Crippen LogP contribution >= 0.6 is 11.5 Å². The van der Waals surface area contributed by atoms with Gasteiger partial charge in [0.05, 0.1) is 5.69 Å². The molecule has 0 unspecified atom stereocenters. The number of hydrogen-bond acceptors (Lipinski definition) is 7. The Morgan fingerprint density at radius 3 is 2.81 bits per heavy atom. The van der Waals surface area contributed by atoms with Crippen molar-refractivity contribution in [2.45, 2.75) is 33.1 Å². The van der Waals surface area contributed by atoms with Crippen molar-refractivity contribution in [3.63, 3.8) is 0 Å². The van der Waals surface area contributed by atoms with Crippen LogP contribution in [0.15, 0.2) is 0 Å². The van der Waals surface area contributed by atoms with E-state index in [0.29, 0.717) is 0 Å². The minimum Gasteiger partial charge on any atom is -0.339 e. The van der Waals surface area contributed by atoms with E-state index in [4.69, 9.17) is 5.73 Å². The first-order chi connectivity index (χ1) is 10.1. The lowest BCUT2D eigenvalue weighted by Crippen LogP contribution is -2.42. The van der Waals surface area contributed by atoms with Gasteiger partial charge in [-0.25, -0.2) is 0 Å². The first kappa shape index (κ1) is 14.4. The molecule has 0 saturated carbocycles. The lowest BCUT2D eigenvalue weighted by molar-refractivity contribution is 0.257. The van der Waals surface area contributed by atoms with Crippen LogP contribution in [0.25, 0.3) is 10.7 Å². The van der Waals surface area contributed by atoms with Crippen molar-refractivity contribution < 1.29 is 0 Å². The molecule has 7 nitrogen and oxygen atoms in total. The van der Waals surface area contributed by atoms with Crippen LogP contribution in [0.2, 0.25) is 0 Å². The number of nitrogens with zero attached hydrogens (tertiary/aromatic N) is 5. The van der Waals surface area contributed by atoms with Crippen LogP contribution in [0.5, 0.6) is 0 Å². The average molecular weight is 307 g/mol. The second kappa shape index (κ2) is 5.69. The van der Waals surface area contributed by atoms with Crippen LogP contribution < -0.4 is 10.6 Å². The summed E-state index contributed by atoms with van der Waals surface area (Å²) in [6.07, 6.45) is 3.01. The molecule has 0 atom stereocenters. The highest BCUT2D eigenvalue weighted by molar-refractivity contribution is 7.09. The predicted octanol–water partition coefficient (Wildman–Crippen LogP) is 1.45. The number of nitrogens with one attached hydrogen (secondary N) is 1. The summed E-state index contributed by atoms with van der Waals surface area (Å²) in [4.78, 5) is 7.82. The molecule has 0 bridgehead atoms. The third kappa shape index (κ3) is 2.77. The number of H-pyrrole nitrogens is 1. The van der Waals surface area contributed by atoms with Gasteiger partial charge in [-0.1, -0.05) is 18.3 Å². The zero-order valence-corrected chi connectivity index (χ0v) is 13.3. The number of piperidine rings is 1. The van der Waals surface area contributed by atoms with Gasteiger partial charge in [-0.15, -0.1) is 10.2 Å². The molecule has 0 radical (unpaired) electrons. The number of aryl methyl sites for hydroxylation is 1. The van der Waals surface area contributed by atoms with E-state index in [9.17, 15) is 0 Å². The van der Waals surface area contributed by atoms with E-state index in [0.717, 1.165) is 61.2 Å². The minimum absolute atomic E-state index is 0.257. The van der Waals surface area contributed by atoms with Crippen LogP contribution in [-0.4, -0.2) is 44.4 Å². The summed E-state index contributed by atoms with van der Waals surface area (Å²) in [6, 6.07) is 0. The van der Waals surface area contributed by atoms with Gasteiger partial charge < -0.3 is 10.6 Å². The summed E-state index contributed by atoms with van der Waals surface area (Å²) in [5, 5.41) is 11.5. The van der Waals surface area contributed by atoms with Crippen LogP contribution in [0.3, 0.4) is 0 Å². The van der Waals surface area contributed by atoms with Gasteiger partial charge in [0.2, 0.25) is 5.95 Å². The zero-order valence-electron chi connectivity index (χ0n) is 12.5. The third-order valence-electron chi connectivity index (χ3n) is 4.33. The molecule has 1 fully saturated rings. The van der Waals surface area contributed by atoms with E-state index < -0.39 is 0 Å². The Labute approximate surface area is 128 Å². The largest absolute Gasteiger partial charge is 0.339 e. The number of hydrogen-bond donors (Lipinski definition) is 2. The standard InChI is InChI=1S/C13H21N7S/c1-3-9-10(21-19-16-9)11-15-12(18-17-11)20-6-4-13(2,8-14)5-7-20/h3-8,14H2,1-2H3,(H,15,17,18). The summed E-state index contributed by atoms with van der Waals surface area (Å²) in [5.74, 6) is 1.53. The molecular weight excluding hydrogens is 286 g/mol. The normalized spacial score (nSPS) is 18.1. The Hall–Kier alpha value is -1.54. The van der Waals surface area contributed by atoms with Crippen molar-refractivity contribution in [1.29, 1.82) is 0 Å².